The zero-order valence-electron chi connectivity index (χ0n) is 13.1. The molecule has 3 nitrogen and oxygen atoms in total. The Hall–Kier alpha value is -2.39. The first-order valence-electron chi connectivity index (χ1n) is 8.03. The van der Waals surface area contributed by atoms with Crippen molar-refractivity contribution in [1.82, 2.24) is 4.98 Å². The maximum Gasteiger partial charge on any atom is 0.130 e. The summed E-state index contributed by atoms with van der Waals surface area (Å²) in [5, 5.41) is 10.1. The van der Waals surface area contributed by atoms with E-state index in [0.29, 0.717) is 6.61 Å². The minimum absolute atomic E-state index is 0.240. The van der Waals surface area contributed by atoms with Crippen LogP contribution in [0.4, 0.5) is 0 Å². The van der Waals surface area contributed by atoms with Crippen LogP contribution in [-0.4, -0.2) is 16.7 Å². The van der Waals surface area contributed by atoms with Gasteiger partial charge in [-0.25, -0.2) is 4.98 Å². The third-order valence-electron chi connectivity index (χ3n) is 3.86. The van der Waals surface area contributed by atoms with Gasteiger partial charge in [-0.15, -0.1) is 0 Å². The zero-order valence-corrected chi connectivity index (χ0v) is 13.1. The van der Waals surface area contributed by atoms with E-state index in [1.807, 2.05) is 42.5 Å². The van der Waals surface area contributed by atoms with Gasteiger partial charge in [0.15, 0.2) is 0 Å². The predicted molar refractivity (Wildman–Crippen MR) is 92.5 cm³/mol. The fourth-order valence-electron chi connectivity index (χ4n) is 2.62. The Morgan fingerprint density at radius 2 is 1.70 bits per heavy atom. The molecule has 0 spiro atoms. The zero-order chi connectivity index (χ0) is 15.9. The number of hydrogen-bond donors (Lipinski definition) is 1. The van der Waals surface area contributed by atoms with Crippen LogP contribution in [0.1, 0.15) is 24.1 Å². The molecule has 3 aromatic rings. The molecule has 0 unspecified atom stereocenters. The summed E-state index contributed by atoms with van der Waals surface area (Å²) < 4.78 is 5.98. The Balaban J connectivity index is 1.69. The average molecular weight is 307 g/mol. The van der Waals surface area contributed by atoms with Gasteiger partial charge in [0.25, 0.3) is 0 Å². The number of ether oxygens (including phenoxy) is 1. The SMILES string of the molecule is OCCCCc1ccccc1OCc1ccc2ccccc2n1. The van der Waals surface area contributed by atoms with Gasteiger partial charge in [0.1, 0.15) is 12.4 Å². The van der Waals surface area contributed by atoms with Gasteiger partial charge in [-0.2, -0.15) is 0 Å². The van der Waals surface area contributed by atoms with Crippen LogP contribution in [-0.2, 0) is 13.0 Å². The molecule has 1 heterocycles. The van der Waals surface area contributed by atoms with Gasteiger partial charge >= 0.3 is 0 Å². The van der Waals surface area contributed by atoms with Gasteiger partial charge in [-0.3, -0.25) is 0 Å². The number of rotatable bonds is 7. The number of pyridine rings is 1. The van der Waals surface area contributed by atoms with Crippen molar-refractivity contribution in [3.8, 4) is 5.75 Å². The van der Waals surface area contributed by atoms with Gasteiger partial charge in [-0.05, 0) is 43.0 Å². The number of unbranched alkanes of at least 4 members (excludes halogenated alkanes) is 1. The van der Waals surface area contributed by atoms with Crippen molar-refractivity contribution in [3.63, 3.8) is 0 Å². The third-order valence-corrected chi connectivity index (χ3v) is 3.86. The quantitative estimate of drug-likeness (QED) is 0.667. The Bertz CT molecular complexity index is 770. The molecule has 0 saturated heterocycles. The lowest BCUT2D eigenvalue weighted by Crippen LogP contribution is -2.01. The molecule has 2 aromatic carbocycles. The number of fused-ring (bicyclic) bond motifs is 1. The summed E-state index contributed by atoms with van der Waals surface area (Å²) in [4.78, 5) is 4.64. The average Bonchev–Trinajstić information content (AvgIpc) is 2.61. The Morgan fingerprint density at radius 3 is 2.61 bits per heavy atom. The lowest BCUT2D eigenvalue weighted by Gasteiger charge is -2.11. The van der Waals surface area contributed by atoms with E-state index in [0.717, 1.165) is 41.6 Å². The van der Waals surface area contributed by atoms with Crippen LogP contribution in [0.15, 0.2) is 60.7 Å². The molecular weight excluding hydrogens is 286 g/mol. The molecule has 0 aliphatic heterocycles. The normalized spacial score (nSPS) is 10.8. The molecule has 118 valence electrons. The number of nitrogens with zero attached hydrogens (tertiary/aromatic N) is 1. The van der Waals surface area contributed by atoms with E-state index in [2.05, 4.69) is 23.2 Å². The first-order chi connectivity index (χ1) is 11.4. The second kappa shape index (κ2) is 7.75. The maximum atomic E-state index is 8.91. The van der Waals surface area contributed by atoms with Crippen LogP contribution >= 0.6 is 0 Å². The van der Waals surface area contributed by atoms with Crippen LogP contribution in [0.3, 0.4) is 0 Å². The van der Waals surface area contributed by atoms with Crippen molar-refractivity contribution in [2.75, 3.05) is 6.61 Å². The summed E-state index contributed by atoms with van der Waals surface area (Å²) in [6.45, 7) is 0.700. The molecule has 0 saturated carbocycles. The Kier molecular flexibility index (Phi) is 5.22. The van der Waals surface area contributed by atoms with Crippen molar-refractivity contribution < 1.29 is 9.84 Å². The highest BCUT2D eigenvalue weighted by atomic mass is 16.5. The molecule has 3 rings (SSSR count). The molecular formula is C20H21NO2. The lowest BCUT2D eigenvalue weighted by atomic mass is 10.1. The number of para-hydroxylation sites is 2. The summed E-state index contributed by atoms with van der Waals surface area (Å²) in [6.07, 6.45) is 2.70. The maximum absolute atomic E-state index is 8.91. The molecule has 0 bridgehead atoms. The highest BCUT2D eigenvalue weighted by molar-refractivity contribution is 5.78. The standard InChI is InChI=1S/C20H21NO2/c22-14-6-5-9-17-8-2-4-11-20(17)23-15-18-13-12-16-7-1-3-10-19(16)21-18/h1-4,7-8,10-13,22H,5-6,9,14-15H2. The monoisotopic (exact) mass is 307 g/mol. The molecule has 0 amide bonds. The topological polar surface area (TPSA) is 42.4 Å². The second-order valence-electron chi connectivity index (χ2n) is 5.57. The molecule has 3 heteroatoms. The van der Waals surface area contributed by atoms with Crippen molar-refractivity contribution >= 4 is 10.9 Å². The molecule has 1 N–H and O–H groups in total. The van der Waals surface area contributed by atoms with E-state index in [4.69, 9.17) is 9.84 Å². The summed E-state index contributed by atoms with van der Waals surface area (Å²) in [5.41, 5.74) is 3.10. The fourth-order valence-corrected chi connectivity index (χ4v) is 2.62. The molecule has 0 fully saturated rings. The van der Waals surface area contributed by atoms with Gasteiger partial charge in [0, 0.05) is 12.0 Å². The number of hydrogen-bond acceptors (Lipinski definition) is 3. The van der Waals surface area contributed by atoms with E-state index in [1.54, 1.807) is 0 Å². The van der Waals surface area contributed by atoms with E-state index in [9.17, 15) is 0 Å². The molecule has 0 radical (unpaired) electrons. The molecule has 0 aliphatic carbocycles. The van der Waals surface area contributed by atoms with Gasteiger partial charge in [0.05, 0.1) is 11.2 Å². The summed E-state index contributed by atoms with van der Waals surface area (Å²) >= 11 is 0. The smallest absolute Gasteiger partial charge is 0.130 e. The second-order valence-corrected chi connectivity index (χ2v) is 5.57. The fraction of sp³-hybridized carbons (Fsp3) is 0.250. The van der Waals surface area contributed by atoms with Gasteiger partial charge in [-0.1, -0.05) is 42.5 Å². The largest absolute Gasteiger partial charge is 0.487 e. The van der Waals surface area contributed by atoms with Crippen LogP contribution in [0, 0.1) is 0 Å². The third kappa shape index (κ3) is 4.08. The Morgan fingerprint density at radius 1 is 0.870 bits per heavy atom. The summed E-state index contributed by atoms with van der Waals surface area (Å²) in [7, 11) is 0. The van der Waals surface area contributed by atoms with Crippen molar-refractivity contribution in [3.05, 3.63) is 71.9 Å². The van der Waals surface area contributed by atoms with Crippen LogP contribution in [0.5, 0.6) is 5.75 Å². The minimum Gasteiger partial charge on any atom is -0.487 e. The van der Waals surface area contributed by atoms with E-state index in [1.165, 1.54) is 5.56 Å². The number of benzene rings is 2. The molecule has 0 atom stereocenters. The highest BCUT2D eigenvalue weighted by Gasteiger charge is 2.04. The van der Waals surface area contributed by atoms with E-state index >= 15 is 0 Å². The minimum atomic E-state index is 0.240. The van der Waals surface area contributed by atoms with Crippen LogP contribution in [0.25, 0.3) is 10.9 Å². The number of aryl methyl sites for hydroxylation is 1. The first-order valence-corrected chi connectivity index (χ1v) is 8.03. The predicted octanol–water partition coefficient (Wildman–Crippen LogP) is 4.13. The molecule has 23 heavy (non-hydrogen) atoms. The Labute approximate surface area is 136 Å². The summed E-state index contributed by atoms with van der Waals surface area (Å²) in [6, 6.07) is 20.3. The van der Waals surface area contributed by atoms with Gasteiger partial charge in [0.2, 0.25) is 0 Å². The number of aromatic nitrogens is 1. The molecule has 1 aromatic heterocycles. The van der Waals surface area contributed by atoms with Crippen molar-refractivity contribution in [1.29, 1.82) is 0 Å². The number of aliphatic hydroxyl groups is 1. The first kappa shape index (κ1) is 15.5. The molecule has 0 aliphatic rings. The van der Waals surface area contributed by atoms with Crippen molar-refractivity contribution in [2.24, 2.45) is 0 Å². The summed E-state index contributed by atoms with van der Waals surface area (Å²) in [5.74, 6) is 0.903. The van der Waals surface area contributed by atoms with Crippen LogP contribution < -0.4 is 4.74 Å². The van der Waals surface area contributed by atoms with E-state index in [-0.39, 0.29) is 6.61 Å². The van der Waals surface area contributed by atoms with Crippen molar-refractivity contribution in [2.45, 2.75) is 25.9 Å². The lowest BCUT2D eigenvalue weighted by molar-refractivity contribution is 0.282. The number of aliphatic hydroxyl groups excluding tert-OH is 1. The van der Waals surface area contributed by atoms with Gasteiger partial charge < -0.3 is 9.84 Å². The van der Waals surface area contributed by atoms with E-state index < -0.39 is 0 Å². The van der Waals surface area contributed by atoms with Crippen LogP contribution in [0.2, 0.25) is 0 Å². The highest BCUT2D eigenvalue weighted by Crippen LogP contribution is 2.21.